The van der Waals surface area contributed by atoms with E-state index in [1.807, 2.05) is 36.4 Å². The van der Waals surface area contributed by atoms with Crippen molar-refractivity contribution in [3.05, 3.63) is 65.2 Å². The number of carbonyl (C=O) groups is 2. The number of esters is 1. The lowest BCUT2D eigenvalue weighted by molar-refractivity contribution is 0.0420. The van der Waals surface area contributed by atoms with Gasteiger partial charge < -0.3 is 19.7 Å². The van der Waals surface area contributed by atoms with Crippen LogP contribution in [0.2, 0.25) is 0 Å². The molecule has 1 saturated heterocycles. The number of amides is 1. The Labute approximate surface area is 158 Å². The summed E-state index contributed by atoms with van der Waals surface area (Å²) in [5, 5.41) is 3.43. The van der Waals surface area contributed by atoms with Gasteiger partial charge in [-0.2, -0.15) is 0 Å². The Morgan fingerprint density at radius 2 is 2.00 bits per heavy atom. The van der Waals surface area contributed by atoms with Gasteiger partial charge in [-0.25, -0.2) is 4.79 Å². The molecule has 0 unspecified atom stereocenters. The average molecular weight is 366 g/mol. The maximum absolute atomic E-state index is 13.3. The zero-order valence-corrected chi connectivity index (χ0v) is 15.2. The summed E-state index contributed by atoms with van der Waals surface area (Å²) in [6.07, 6.45) is 1.47. The van der Waals surface area contributed by atoms with E-state index in [2.05, 4.69) is 5.32 Å². The van der Waals surface area contributed by atoms with Crippen molar-refractivity contribution >= 4 is 17.6 Å². The fraction of sp³-hybridized carbons (Fsp3) is 0.333. The highest BCUT2D eigenvalue weighted by atomic mass is 16.5. The molecule has 140 valence electrons. The molecule has 2 heterocycles. The number of anilines is 1. The summed E-state index contributed by atoms with van der Waals surface area (Å²) < 4.78 is 10.7. The minimum absolute atomic E-state index is 0.00815. The minimum atomic E-state index is -0.466. The van der Waals surface area contributed by atoms with Crippen molar-refractivity contribution in [1.82, 2.24) is 4.90 Å². The molecule has 2 aliphatic rings. The first-order valence-corrected chi connectivity index (χ1v) is 9.14. The van der Waals surface area contributed by atoms with E-state index in [-0.39, 0.29) is 12.0 Å². The summed E-state index contributed by atoms with van der Waals surface area (Å²) >= 11 is 0. The molecule has 0 bridgehead atoms. The topological polar surface area (TPSA) is 67.9 Å². The molecule has 6 nitrogen and oxygen atoms in total. The Hall–Kier alpha value is -2.86. The molecule has 2 aliphatic heterocycles. The van der Waals surface area contributed by atoms with Gasteiger partial charge in [-0.3, -0.25) is 4.79 Å². The quantitative estimate of drug-likeness (QED) is 0.842. The van der Waals surface area contributed by atoms with Gasteiger partial charge in [0.1, 0.15) is 6.17 Å². The van der Waals surface area contributed by atoms with E-state index in [9.17, 15) is 9.59 Å². The smallest absolute Gasteiger partial charge is 0.338 e. The predicted molar refractivity (Wildman–Crippen MR) is 101 cm³/mol. The van der Waals surface area contributed by atoms with Gasteiger partial charge in [-0.05, 0) is 31.0 Å². The van der Waals surface area contributed by atoms with Crippen LogP contribution in [0.15, 0.2) is 48.5 Å². The van der Waals surface area contributed by atoms with Crippen molar-refractivity contribution in [3.8, 4) is 0 Å². The molecular weight excluding hydrogens is 344 g/mol. The summed E-state index contributed by atoms with van der Waals surface area (Å²) in [6.45, 7) is 1.19. The van der Waals surface area contributed by atoms with Crippen LogP contribution in [0, 0.1) is 0 Å². The Balaban J connectivity index is 1.76. The number of carbonyl (C=O) groups excluding carboxylic acids is 2. The Morgan fingerprint density at radius 1 is 1.22 bits per heavy atom. The SMILES string of the molecule is COC(=O)c1ccccc1[C@H]1Nc2ccccc2C(=O)N1C[C@@H]1CCCO1. The molecule has 1 amide bonds. The van der Waals surface area contributed by atoms with Gasteiger partial charge in [-0.15, -0.1) is 0 Å². The third-order valence-electron chi connectivity index (χ3n) is 5.11. The lowest BCUT2D eigenvalue weighted by atomic mass is 9.99. The first-order valence-electron chi connectivity index (χ1n) is 9.14. The van der Waals surface area contributed by atoms with Crippen LogP contribution in [0.4, 0.5) is 5.69 Å². The molecule has 2 aromatic rings. The third kappa shape index (κ3) is 3.28. The Morgan fingerprint density at radius 3 is 2.78 bits per heavy atom. The van der Waals surface area contributed by atoms with Crippen LogP contribution in [0.3, 0.4) is 0 Å². The summed E-state index contributed by atoms with van der Waals surface area (Å²) in [4.78, 5) is 27.3. The number of ether oxygens (including phenoxy) is 2. The van der Waals surface area contributed by atoms with Crippen LogP contribution in [-0.4, -0.2) is 43.1 Å². The third-order valence-corrected chi connectivity index (χ3v) is 5.11. The summed E-state index contributed by atoms with van der Waals surface area (Å²) in [7, 11) is 1.36. The number of nitrogens with one attached hydrogen (secondary N) is 1. The highest BCUT2D eigenvalue weighted by Gasteiger charge is 2.36. The molecule has 0 radical (unpaired) electrons. The van der Waals surface area contributed by atoms with E-state index in [0.29, 0.717) is 23.2 Å². The second kappa shape index (κ2) is 7.40. The van der Waals surface area contributed by atoms with Gasteiger partial charge >= 0.3 is 5.97 Å². The van der Waals surface area contributed by atoms with Crippen LogP contribution in [0.1, 0.15) is 45.3 Å². The lowest BCUT2D eigenvalue weighted by Crippen LogP contribution is -2.46. The molecule has 2 aromatic carbocycles. The van der Waals surface area contributed by atoms with Crippen molar-refractivity contribution < 1.29 is 19.1 Å². The van der Waals surface area contributed by atoms with Gasteiger partial charge in [0, 0.05) is 24.4 Å². The molecule has 0 aromatic heterocycles. The first-order chi connectivity index (χ1) is 13.2. The van der Waals surface area contributed by atoms with Crippen LogP contribution in [0.25, 0.3) is 0 Å². The zero-order chi connectivity index (χ0) is 18.8. The molecule has 0 aliphatic carbocycles. The van der Waals surface area contributed by atoms with Crippen molar-refractivity contribution in [2.45, 2.75) is 25.1 Å². The first kappa shape index (κ1) is 17.5. The van der Waals surface area contributed by atoms with Crippen LogP contribution in [-0.2, 0) is 9.47 Å². The van der Waals surface area contributed by atoms with E-state index < -0.39 is 12.1 Å². The highest BCUT2D eigenvalue weighted by molar-refractivity contribution is 6.02. The fourth-order valence-corrected chi connectivity index (χ4v) is 3.77. The summed E-state index contributed by atoms with van der Waals surface area (Å²) in [5.41, 5.74) is 2.55. The van der Waals surface area contributed by atoms with E-state index in [1.54, 1.807) is 17.0 Å². The van der Waals surface area contributed by atoms with Gasteiger partial charge in [-0.1, -0.05) is 30.3 Å². The molecule has 2 atom stereocenters. The van der Waals surface area contributed by atoms with E-state index in [4.69, 9.17) is 9.47 Å². The molecule has 27 heavy (non-hydrogen) atoms. The molecular formula is C21H22N2O4. The van der Waals surface area contributed by atoms with Crippen molar-refractivity contribution in [2.75, 3.05) is 25.6 Å². The van der Waals surface area contributed by atoms with Gasteiger partial charge in [0.05, 0.1) is 24.3 Å². The number of hydrogen-bond donors (Lipinski definition) is 1. The molecule has 1 fully saturated rings. The highest BCUT2D eigenvalue weighted by Crippen LogP contribution is 2.35. The van der Waals surface area contributed by atoms with Gasteiger partial charge in [0.2, 0.25) is 0 Å². The lowest BCUT2D eigenvalue weighted by Gasteiger charge is -2.39. The summed E-state index contributed by atoms with van der Waals surface area (Å²) in [5.74, 6) is -0.486. The van der Waals surface area contributed by atoms with Crippen LogP contribution < -0.4 is 5.32 Å². The molecule has 6 heteroatoms. The maximum Gasteiger partial charge on any atom is 0.338 e. The molecule has 4 rings (SSSR count). The number of rotatable bonds is 4. The van der Waals surface area contributed by atoms with Crippen LogP contribution in [0.5, 0.6) is 0 Å². The number of methoxy groups -OCH3 is 1. The second-order valence-electron chi connectivity index (χ2n) is 6.76. The molecule has 0 saturated carbocycles. The van der Waals surface area contributed by atoms with E-state index in [0.717, 1.165) is 25.1 Å². The Bertz CT molecular complexity index is 861. The fourth-order valence-electron chi connectivity index (χ4n) is 3.77. The number of nitrogens with zero attached hydrogens (tertiary/aromatic N) is 1. The standard InChI is InChI=1S/C21H22N2O4/c1-26-21(25)16-9-3-2-8-15(16)19-22-18-11-5-4-10-17(18)20(24)23(19)13-14-7-6-12-27-14/h2-5,8-11,14,19,22H,6-7,12-13H2,1H3/t14-,19-/m0/s1. The normalized spacial score (nSPS) is 21.5. The summed E-state index contributed by atoms with van der Waals surface area (Å²) in [6, 6.07) is 14.7. The second-order valence-corrected chi connectivity index (χ2v) is 6.76. The minimum Gasteiger partial charge on any atom is -0.465 e. The zero-order valence-electron chi connectivity index (χ0n) is 15.2. The largest absolute Gasteiger partial charge is 0.465 e. The Kier molecular flexibility index (Phi) is 4.81. The average Bonchev–Trinajstić information content (AvgIpc) is 3.22. The number of fused-ring (bicyclic) bond motifs is 1. The van der Waals surface area contributed by atoms with Crippen molar-refractivity contribution in [1.29, 1.82) is 0 Å². The number of hydrogen-bond acceptors (Lipinski definition) is 5. The number of para-hydroxylation sites is 1. The van der Waals surface area contributed by atoms with Crippen LogP contribution >= 0.6 is 0 Å². The maximum atomic E-state index is 13.3. The monoisotopic (exact) mass is 366 g/mol. The molecule has 1 N–H and O–H groups in total. The van der Waals surface area contributed by atoms with E-state index >= 15 is 0 Å². The number of benzene rings is 2. The van der Waals surface area contributed by atoms with E-state index in [1.165, 1.54) is 7.11 Å². The van der Waals surface area contributed by atoms with Gasteiger partial charge in [0.15, 0.2) is 0 Å². The van der Waals surface area contributed by atoms with Gasteiger partial charge in [0.25, 0.3) is 5.91 Å². The molecule has 0 spiro atoms. The predicted octanol–water partition coefficient (Wildman–Crippen LogP) is 3.22. The van der Waals surface area contributed by atoms with Crippen molar-refractivity contribution in [2.24, 2.45) is 0 Å². The van der Waals surface area contributed by atoms with Crippen molar-refractivity contribution in [3.63, 3.8) is 0 Å².